The summed E-state index contributed by atoms with van der Waals surface area (Å²) in [6, 6.07) is 12.6. The smallest absolute Gasteiger partial charge is 0.264 e. The van der Waals surface area contributed by atoms with Gasteiger partial charge in [-0.15, -0.1) is 0 Å². The molecule has 1 N–H and O–H groups in total. The predicted molar refractivity (Wildman–Crippen MR) is 89.1 cm³/mol. The van der Waals surface area contributed by atoms with E-state index in [1.165, 1.54) is 24.3 Å². The van der Waals surface area contributed by atoms with Gasteiger partial charge in [-0.2, -0.15) is 0 Å². The minimum Gasteiger partial charge on any atom is -0.273 e. The maximum Gasteiger partial charge on any atom is 0.264 e. The molecule has 1 fully saturated rings. The lowest BCUT2D eigenvalue weighted by molar-refractivity contribution is -0.121. The number of amides is 1. The summed E-state index contributed by atoms with van der Waals surface area (Å²) in [7, 11) is -3.93. The third-order valence-corrected chi connectivity index (χ3v) is 5.75. The fourth-order valence-electron chi connectivity index (χ4n) is 2.45. The largest absolute Gasteiger partial charge is 0.273 e. The second-order valence-electron chi connectivity index (χ2n) is 5.48. The molecule has 4 nitrogen and oxygen atoms in total. The minimum atomic E-state index is -3.93. The van der Waals surface area contributed by atoms with E-state index in [1.54, 1.807) is 24.3 Å². The van der Waals surface area contributed by atoms with Gasteiger partial charge in [0, 0.05) is 10.0 Å². The third kappa shape index (κ3) is 3.22. The van der Waals surface area contributed by atoms with E-state index in [4.69, 9.17) is 23.2 Å². The Labute approximate surface area is 144 Å². The molecule has 0 heterocycles. The molecular formula is C16H13Cl2NO3S. The number of sulfonamides is 1. The van der Waals surface area contributed by atoms with Crippen LogP contribution in [0.2, 0.25) is 10.0 Å². The van der Waals surface area contributed by atoms with Gasteiger partial charge in [0.05, 0.1) is 10.3 Å². The van der Waals surface area contributed by atoms with E-state index in [-0.39, 0.29) is 4.90 Å². The van der Waals surface area contributed by atoms with Crippen LogP contribution >= 0.6 is 23.2 Å². The van der Waals surface area contributed by atoms with E-state index in [2.05, 4.69) is 4.72 Å². The summed E-state index contributed by atoms with van der Waals surface area (Å²) in [6.07, 6.45) is 1.19. The number of hydrogen-bond acceptors (Lipinski definition) is 3. The number of halogens is 2. The fourth-order valence-corrected chi connectivity index (χ4v) is 3.82. The van der Waals surface area contributed by atoms with Gasteiger partial charge in [0.2, 0.25) is 5.91 Å². The lowest BCUT2D eigenvalue weighted by atomic mass is 9.95. The molecule has 0 atom stereocenters. The maximum absolute atomic E-state index is 12.5. The Morgan fingerprint density at radius 1 is 1.00 bits per heavy atom. The first-order chi connectivity index (χ1) is 10.8. The summed E-state index contributed by atoms with van der Waals surface area (Å²) in [5.41, 5.74) is -0.0847. The molecule has 2 aromatic rings. The standard InChI is InChI=1S/C16H13Cl2NO3S/c17-12-4-6-14(7-5-12)23(21,22)19-15(20)16(8-9-16)11-2-1-3-13(18)10-11/h1-7,10H,8-9H2,(H,19,20). The number of rotatable bonds is 4. The number of carbonyl (C=O) groups is 1. The summed E-state index contributed by atoms with van der Waals surface area (Å²) < 4.78 is 26.8. The summed E-state index contributed by atoms with van der Waals surface area (Å²) in [4.78, 5) is 12.5. The van der Waals surface area contributed by atoms with Crippen molar-refractivity contribution < 1.29 is 13.2 Å². The van der Waals surface area contributed by atoms with Crippen molar-refractivity contribution in [2.75, 3.05) is 0 Å². The van der Waals surface area contributed by atoms with E-state index in [0.29, 0.717) is 22.9 Å². The van der Waals surface area contributed by atoms with Crippen LogP contribution < -0.4 is 4.72 Å². The van der Waals surface area contributed by atoms with Gasteiger partial charge < -0.3 is 0 Å². The molecule has 0 radical (unpaired) electrons. The predicted octanol–water partition coefficient (Wildman–Crippen LogP) is 3.53. The molecule has 120 valence electrons. The minimum absolute atomic E-state index is 0.00264. The highest BCUT2D eigenvalue weighted by Gasteiger charge is 2.52. The van der Waals surface area contributed by atoms with Crippen molar-refractivity contribution >= 4 is 39.1 Å². The van der Waals surface area contributed by atoms with Crippen LogP contribution in [-0.2, 0) is 20.2 Å². The fraction of sp³-hybridized carbons (Fsp3) is 0.188. The number of nitrogens with one attached hydrogen (secondary N) is 1. The molecule has 1 amide bonds. The van der Waals surface area contributed by atoms with Crippen molar-refractivity contribution in [1.82, 2.24) is 4.72 Å². The Morgan fingerprint density at radius 3 is 2.22 bits per heavy atom. The monoisotopic (exact) mass is 369 g/mol. The zero-order valence-electron chi connectivity index (χ0n) is 11.9. The van der Waals surface area contributed by atoms with Gasteiger partial charge in [0.15, 0.2) is 0 Å². The Hall–Kier alpha value is -1.56. The molecule has 1 aliphatic carbocycles. The summed E-state index contributed by atoms with van der Waals surface area (Å²) >= 11 is 11.7. The highest BCUT2D eigenvalue weighted by Crippen LogP contribution is 2.49. The molecule has 2 aromatic carbocycles. The molecule has 0 unspecified atom stereocenters. The zero-order chi connectivity index (χ0) is 16.7. The molecule has 3 rings (SSSR count). The van der Waals surface area contributed by atoms with Gasteiger partial charge in [0.25, 0.3) is 10.0 Å². The zero-order valence-corrected chi connectivity index (χ0v) is 14.3. The highest BCUT2D eigenvalue weighted by atomic mass is 35.5. The molecule has 1 aliphatic rings. The summed E-state index contributed by atoms with van der Waals surface area (Å²) in [6.45, 7) is 0. The van der Waals surface area contributed by atoms with E-state index >= 15 is 0 Å². The number of carbonyl (C=O) groups excluding carboxylic acids is 1. The maximum atomic E-state index is 12.5. The Balaban J connectivity index is 1.85. The van der Waals surface area contributed by atoms with Crippen molar-refractivity contribution in [1.29, 1.82) is 0 Å². The second kappa shape index (κ2) is 5.82. The van der Waals surface area contributed by atoms with Gasteiger partial charge in [-0.25, -0.2) is 13.1 Å². The molecule has 0 spiro atoms. The van der Waals surface area contributed by atoms with Crippen LogP contribution in [0.25, 0.3) is 0 Å². The molecule has 7 heteroatoms. The SMILES string of the molecule is O=C(NS(=O)(=O)c1ccc(Cl)cc1)C1(c2cccc(Cl)c2)CC1. The Morgan fingerprint density at radius 2 is 1.65 bits per heavy atom. The molecular weight excluding hydrogens is 357 g/mol. The number of hydrogen-bond donors (Lipinski definition) is 1. The second-order valence-corrected chi connectivity index (χ2v) is 8.04. The van der Waals surface area contributed by atoms with Gasteiger partial charge in [-0.05, 0) is 54.8 Å². The first-order valence-electron chi connectivity index (χ1n) is 6.92. The van der Waals surface area contributed by atoms with Gasteiger partial charge in [0.1, 0.15) is 0 Å². The van der Waals surface area contributed by atoms with Crippen LogP contribution in [-0.4, -0.2) is 14.3 Å². The van der Waals surface area contributed by atoms with Crippen LogP contribution in [0.4, 0.5) is 0 Å². The van der Waals surface area contributed by atoms with Crippen LogP contribution in [0.15, 0.2) is 53.4 Å². The first kappa shape index (κ1) is 16.3. The van der Waals surface area contributed by atoms with Crippen molar-refractivity contribution in [2.24, 2.45) is 0 Å². The van der Waals surface area contributed by atoms with E-state index in [9.17, 15) is 13.2 Å². The average molecular weight is 370 g/mol. The number of benzene rings is 2. The third-order valence-electron chi connectivity index (χ3n) is 3.91. The Bertz CT molecular complexity index is 859. The van der Waals surface area contributed by atoms with Crippen molar-refractivity contribution in [3.63, 3.8) is 0 Å². The van der Waals surface area contributed by atoms with Crippen molar-refractivity contribution in [3.05, 3.63) is 64.1 Å². The van der Waals surface area contributed by atoms with Crippen molar-refractivity contribution in [2.45, 2.75) is 23.2 Å². The summed E-state index contributed by atoms with van der Waals surface area (Å²) in [5, 5.41) is 0.940. The molecule has 0 aromatic heterocycles. The van der Waals surface area contributed by atoms with Crippen LogP contribution in [0.1, 0.15) is 18.4 Å². The van der Waals surface area contributed by atoms with E-state index in [1.807, 2.05) is 0 Å². The van der Waals surface area contributed by atoms with Crippen LogP contribution in [0.3, 0.4) is 0 Å². The van der Waals surface area contributed by atoms with Gasteiger partial charge >= 0.3 is 0 Å². The van der Waals surface area contributed by atoms with E-state index in [0.717, 1.165) is 5.56 Å². The van der Waals surface area contributed by atoms with Gasteiger partial charge in [-0.1, -0.05) is 35.3 Å². The lowest BCUT2D eigenvalue weighted by Gasteiger charge is -2.16. The molecule has 23 heavy (non-hydrogen) atoms. The van der Waals surface area contributed by atoms with E-state index < -0.39 is 21.3 Å². The first-order valence-corrected chi connectivity index (χ1v) is 9.16. The molecule has 1 saturated carbocycles. The highest BCUT2D eigenvalue weighted by molar-refractivity contribution is 7.90. The molecule has 0 saturated heterocycles. The normalized spacial score (nSPS) is 15.9. The van der Waals surface area contributed by atoms with Crippen LogP contribution in [0.5, 0.6) is 0 Å². The summed E-state index contributed by atoms with van der Waals surface area (Å²) in [5.74, 6) is -0.533. The lowest BCUT2D eigenvalue weighted by Crippen LogP contribution is -2.38. The molecule has 0 aliphatic heterocycles. The Kier molecular flexibility index (Phi) is 4.12. The van der Waals surface area contributed by atoms with Crippen molar-refractivity contribution in [3.8, 4) is 0 Å². The average Bonchev–Trinajstić information content (AvgIpc) is 3.29. The molecule has 0 bridgehead atoms. The van der Waals surface area contributed by atoms with Gasteiger partial charge in [-0.3, -0.25) is 4.79 Å². The quantitative estimate of drug-likeness (QED) is 0.896. The topological polar surface area (TPSA) is 63.2 Å². The van der Waals surface area contributed by atoms with Crippen LogP contribution in [0, 0.1) is 0 Å².